The van der Waals surface area contributed by atoms with Crippen LogP contribution in [0.4, 0.5) is 0 Å². The average molecular weight is 218 g/mol. The van der Waals surface area contributed by atoms with Gasteiger partial charge in [0.05, 0.1) is 0 Å². The van der Waals surface area contributed by atoms with Crippen molar-refractivity contribution in [1.29, 1.82) is 0 Å². The molecule has 1 aliphatic rings. The van der Waals surface area contributed by atoms with Crippen molar-refractivity contribution in [3.05, 3.63) is 0 Å². The first-order valence-corrected chi connectivity index (χ1v) is 5.36. The summed E-state index contributed by atoms with van der Waals surface area (Å²) in [5.74, 6) is 0. The number of piperidine rings is 1. The largest absolute Gasteiger partial charge is 0.389 e. The first-order chi connectivity index (χ1) is 7.11. The molecule has 0 radical (unpaired) electrons. The van der Waals surface area contributed by atoms with E-state index in [9.17, 15) is 15.3 Å². The van der Waals surface area contributed by atoms with Crippen LogP contribution in [0.2, 0.25) is 0 Å². The third-order valence-electron chi connectivity index (χ3n) is 2.80. The molecule has 88 valence electrons. The van der Waals surface area contributed by atoms with Gasteiger partial charge in [-0.15, -0.1) is 0 Å². The summed E-state index contributed by atoms with van der Waals surface area (Å²) in [5, 5.41) is 37.7. The third kappa shape index (κ3) is 2.75. The van der Waals surface area contributed by atoms with Crippen LogP contribution in [0.5, 0.6) is 0 Å². The second-order valence-electron chi connectivity index (χ2n) is 3.97. The van der Waals surface area contributed by atoms with E-state index in [1.165, 1.54) is 0 Å². The highest BCUT2D eigenvalue weighted by Gasteiger charge is 2.44. The molecule has 4 unspecified atom stereocenters. The minimum Gasteiger partial charge on any atom is -0.389 e. The van der Waals surface area contributed by atoms with Gasteiger partial charge in [-0.3, -0.25) is 0 Å². The van der Waals surface area contributed by atoms with E-state index in [1.807, 2.05) is 13.1 Å². The Morgan fingerprint density at radius 1 is 1.27 bits per heavy atom. The first kappa shape index (κ1) is 12.6. The first-order valence-electron chi connectivity index (χ1n) is 5.36. The molecule has 0 aromatic carbocycles. The van der Waals surface area contributed by atoms with Crippen LogP contribution in [0, 0.1) is 0 Å². The Hall–Kier alpha value is -0.490. The van der Waals surface area contributed by atoms with Crippen LogP contribution >= 0.6 is 0 Å². The lowest BCUT2D eigenvalue weighted by atomic mass is 9.95. The maximum Gasteiger partial charge on any atom is 0.203 e. The number of nitrogens with zero attached hydrogens (tertiary/aromatic N) is 1. The quantitative estimate of drug-likeness (QED) is 0.427. The summed E-state index contributed by atoms with van der Waals surface area (Å²) in [4.78, 5) is 0. The minimum atomic E-state index is -1.17. The van der Waals surface area contributed by atoms with E-state index in [1.54, 1.807) is 4.58 Å². The summed E-state index contributed by atoms with van der Waals surface area (Å²) in [6.45, 7) is 2.05. The van der Waals surface area contributed by atoms with Gasteiger partial charge in [0, 0.05) is 6.42 Å². The van der Waals surface area contributed by atoms with Gasteiger partial charge in [0.1, 0.15) is 31.1 Å². The summed E-state index contributed by atoms with van der Waals surface area (Å²) in [6.07, 6.45) is 0.408. The monoisotopic (exact) mass is 218 g/mol. The molecule has 0 aliphatic carbocycles. The van der Waals surface area contributed by atoms with Gasteiger partial charge < -0.3 is 20.4 Å². The lowest BCUT2D eigenvalue weighted by Gasteiger charge is -2.32. The Morgan fingerprint density at radius 2 is 1.93 bits per heavy atom. The van der Waals surface area contributed by atoms with E-state index in [0.717, 1.165) is 12.8 Å². The molecule has 0 bridgehead atoms. The molecular weight excluding hydrogens is 198 g/mol. The predicted octanol–water partition coefficient (Wildman–Crippen LogP) is -1.67. The number of hydrogen-bond donors (Lipinski definition) is 4. The zero-order valence-corrected chi connectivity index (χ0v) is 8.95. The van der Waals surface area contributed by atoms with Crippen LogP contribution in [0.3, 0.4) is 0 Å². The molecule has 5 nitrogen and oxygen atoms in total. The maximum absolute atomic E-state index is 9.65. The number of rotatable bonds is 3. The smallest absolute Gasteiger partial charge is 0.203 e. The van der Waals surface area contributed by atoms with Crippen molar-refractivity contribution in [3.8, 4) is 0 Å². The van der Waals surface area contributed by atoms with Crippen LogP contribution in [0.15, 0.2) is 0 Å². The maximum atomic E-state index is 9.65. The van der Waals surface area contributed by atoms with Gasteiger partial charge in [0.2, 0.25) is 6.04 Å². The molecule has 4 N–H and O–H groups in total. The van der Waals surface area contributed by atoms with E-state index in [2.05, 4.69) is 0 Å². The van der Waals surface area contributed by atoms with Crippen molar-refractivity contribution in [1.82, 2.24) is 0 Å². The fourth-order valence-corrected chi connectivity index (χ4v) is 1.83. The number of β-amino-alcohol motifs (C(OH)–C–C–N with tert-alkyl or cyclic N) is 1. The second kappa shape index (κ2) is 5.55. The van der Waals surface area contributed by atoms with Gasteiger partial charge in [0.15, 0.2) is 6.54 Å². The topological polar surface area (TPSA) is 83.9 Å². The van der Waals surface area contributed by atoms with Gasteiger partial charge in [-0.1, -0.05) is 6.92 Å². The van der Waals surface area contributed by atoms with Crippen molar-refractivity contribution in [3.63, 3.8) is 0 Å². The van der Waals surface area contributed by atoms with Crippen LogP contribution < -0.4 is 0 Å². The van der Waals surface area contributed by atoms with Crippen molar-refractivity contribution >= 4 is 6.21 Å². The van der Waals surface area contributed by atoms with Crippen molar-refractivity contribution < 1.29 is 25.0 Å². The summed E-state index contributed by atoms with van der Waals surface area (Å²) in [7, 11) is 0. The molecule has 4 atom stereocenters. The van der Waals surface area contributed by atoms with E-state index >= 15 is 0 Å². The highest BCUT2D eigenvalue weighted by Crippen LogP contribution is 2.14. The van der Waals surface area contributed by atoms with Crippen LogP contribution in [0.1, 0.15) is 19.8 Å². The van der Waals surface area contributed by atoms with Gasteiger partial charge in [-0.25, -0.2) is 4.58 Å². The van der Waals surface area contributed by atoms with Crippen LogP contribution in [-0.4, -0.2) is 68.7 Å². The van der Waals surface area contributed by atoms with Gasteiger partial charge in [-0.05, 0) is 6.42 Å². The minimum absolute atomic E-state index is 0.231. The Kier molecular flexibility index (Phi) is 4.66. The number of unbranched alkanes of at least 4 members (excludes halogenated alkanes) is 1. The van der Waals surface area contributed by atoms with Crippen LogP contribution in [-0.2, 0) is 0 Å². The molecule has 0 saturated carbocycles. The SMILES string of the molecule is CCCC=[N+]1CC(O)C(O)C(O)C1CO. The van der Waals surface area contributed by atoms with E-state index in [0.29, 0.717) is 0 Å². The second-order valence-corrected chi connectivity index (χ2v) is 3.97. The summed E-state index contributed by atoms with van der Waals surface area (Å²) < 4.78 is 1.71. The predicted molar refractivity (Wildman–Crippen MR) is 55.0 cm³/mol. The fourth-order valence-electron chi connectivity index (χ4n) is 1.83. The van der Waals surface area contributed by atoms with Crippen molar-refractivity contribution in [2.45, 2.75) is 44.1 Å². The van der Waals surface area contributed by atoms with Crippen LogP contribution in [0.25, 0.3) is 0 Å². The zero-order valence-electron chi connectivity index (χ0n) is 8.95. The molecule has 5 heteroatoms. The summed E-state index contributed by atoms with van der Waals surface area (Å²) in [5.41, 5.74) is 0. The van der Waals surface area contributed by atoms with Gasteiger partial charge in [-0.2, -0.15) is 0 Å². The Bertz CT molecular complexity index is 231. The molecule has 0 amide bonds. The van der Waals surface area contributed by atoms with Gasteiger partial charge >= 0.3 is 0 Å². The molecule has 0 aromatic heterocycles. The van der Waals surface area contributed by atoms with E-state index < -0.39 is 24.4 Å². The molecular formula is C10H20NO4+. The molecule has 15 heavy (non-hydrogen) atoms. The average Bonchev–Trinajstić information content (AvgIpc) is 2.23. The molecule has 0 spiro atoms. The summed E-state index contributed by atoms with van der Waals surface area (Å²) >= 11 is 0. The molecule has 1 fully saturated rings. The van der Waals surface area contributed by atoms with E-state index in [-0.39, 0.29) is 13.2 Å². The standard InChI is InChI=1S/C10H20NO4/c1-2-3-4-11-5-8(13)10(15)9(14)7(11)6-12/h4,7-10,12-15H,2-3,5-6H2,1H3/q+1. The highest BCUT2D eigenvalue weighted by atomic mass is 16.4. The summed E-state index contributed by atoms with van der Waals surface area (Å²) in [6, 6.07) is -0.519. The van der Waals surface area contributed by atoms with Crippen molar-refractivity contribution in [2.75, 3.05) is 13.2 Å². The molecule has 1 rings (SSSR count). The number of hydrogen-bond acceptors (Lipinski definition) is 4. The molecule has 1 aliphatic heterocycles. The lowest BCUT2D eigenvalue weighted by molar-refractivity contribution is -0.601. The lowest BCUT2D eigenvalue weighted by Crippen LogP contribution is -2.59. The molecule has 1 saturated heterocycles. The normalized spacial score (nSPS) is 39.7. The molecule has 0 aromatic rings. The molecule has 1 heterocycles. The Balaban J connectivity index is 2.77. The van der Waals surface area contributed by atoms with Crippen molar-refractivity contribution in [2.24, 2.45) is 0 Å². The Labute approximate surface area is 89.3 Å². The van der Waals surface area contributed by atoms with Gasteiger partial charge in [0.25, 0.3) is 0 Å². The number of aliphatic hydroxyl groups is 4. The third-order valence-corrected chi connectivity index (χ3v) is 2.80. The Morgan fingerprint density at radius 3 is 2.47 bits per heavy atom. The zero-order chi connectivity index (χ0) is 11.4. The highest BCUT2D eigenvalue weighted by molar-refractivity contribution is 5.51. The fraction of sp³-hybridized carbons (Fsp3) is 0.900. The van der Waals surface area contributed by atoms with E-state index in [4.69, 9.17) is 5.11 Å². The number of aliphatic hydroxyl groups excluding tert-OH is 4.